The van der Waals surface area contributed by atoms with E-state index in [1.54, 1.807) is 14.2 Å². The highest BCUT2D eigenvalue weighted by Crippen LogP contribution is 2.36. The van der Waals surface area contributed by atoms with Crippen molar-refractivity contribution in [3.05, 3.63) is 47.8 Å². The second-order valence-corrected chi connectivity index (χ2v) is 5.00. The summed E-state index contributed by atoms with van der Waals surface area (Å²) in [5.41, 5.74) is 3.55. The number of aromatic nitrogens is 1. The van der Waals surface area contributed by atoms with Crippen LogP contribution in [-0.2, 0) is 0 Å². The molecule has 0 radical (unpaired) electrons. The summed E-state index contributed by atoms with van der Waals surface area (Å²) in [4.78, 5) is 0. The van der Waals surface area contributed by atoms with E-state index >= 15 is 0 Å². The maximum Gasteiger partial charge on any atom is 0.214 e. The first kappa shape index (κ1) is 15.6. The zero-order valence-corrected chi connectivity index (χ0v) is 14.2. The quantitative estimate of drug-likeness (QED) is 0.488. The van der Waals surface area contributed by atoms with Gasteiger partial charge in [-0.05, 0) is 31.4 Å². The molecule has 0 aliphatic rings. The first-order valence-electron chi connectivity index (χ1n) is 6.61. The Balaban J connectivity index is 0.00000161. The van der Waals surface area contributed by atoms with Crippen LogP contribution in [0.25, 0.3) is 16.3 Å². The standard InChI is InChI=1S/C17H18NO2.BrH/c1-11-6-5-7-18-10-14-12(2)17(20-4)16(19-3)9-13(14)8-15(11)18;/h5-10H,1-4H3;1H/q+1;/p-1. The molecule has 21 heavy (non-hydrogen) atoms. The molecule has 0 aliphatic carbocycles. The van der Waals surface area contributed by atoms with E-state index in [9.17, 15) is 0 Å². The smallest absolute Gasteiger partial charge is 0.214 e. The lowest BCUT2D eigenvalue weighted by Gasteiger charge is -2.12. The lowest BCUT2D eigenvalue weighted by molar-refractivity contribution is -0.510. The van der Waals surface area contributed by atoms with E-state index < -0.39 is 0 Å². The van der Waals surface area contributed by atoms with Crippen LogP contribution in [-0.4, -0.2) is 14.2 Å². The molecule has 4 heteroatoms. The lowest BCUT2D eigenvalue weighted by atomic mass is 10.0. The van der Waals surface area contributed by atoms with Crippen molar-refractivity contribution in [2.24, 2.45) is 0 Å². The van der Waals surface area contributed by atoms with Crippen LogP contribution < -0.4 is 30.9 Å². The molecule has 0 bridgehead atoms. The molecular weight excluding hydrogens is 330 g/mol. The third-order valence-corrected chi connectivity index (χ3v) is 3.83. The maximum atomic E-state index is 5.48. The Morgan fingerprint density at radius 3 is 2.48 bits per heavy atom. The van der Waals surface area contributed by atoms with Gasteiger partial charge in [-0.3, -0.25) is 0 Å². The van der Waals surface area contributed by atoms with Gasteiger partial charge in [-0.15, -0.1) is 0 Å². The molecule has 0 saturated heterocycles. The Bertz CT molecular complexity index is 815. The second kappa shape index (κ2) is 5.90. The molecule has 0 atom stereocenters. The number of benzene rings is 1. The van der Waals surface area contributed by atoms with Crippen molar-refractivity contribution in [1.29, 1.82) is 0 Å². The second-order valence-electron chi connectivity index (χ2n) is 5.00. The summed E-state index contributed by atoms with van der Waals surface area (Å²) in [5, 5.41) is 2.33. The van der Waals surface area contributed by atoms with Crippen LogP contribution in [0.1, 0.15) is 11.1 Å². The van der Waals surface area contributed by atoms with Crippen molar-refractivity contribution in [2.75, 3.05) is 14.2 Å². The van der Waals surface area contributed by atoms with Crippen molar-refractivity contribution in [1.82, 2.24) is 0 Å². The normalized spacial score (nSPS) is 10.5. The van der Waals surface area contributed by atoms with Gasteiger partial charge in [0.2, 0.25) is 5.52 Å². The summed E-state index contributed by atoms with van der Waals surface area (Å²) in [6.07, 6.45) is 4.22. The highest BCUT2D eigenvalue weighted by molar-refractivity contribution is 5.90. The SMILES string of the molecule is COc1cc2cc3c(C)ccc[n+]3cc2c(C)c1OC.[Br-]. The van der Waals surface area contributed by atoms with Gasteiger partial charge in [0.15, 0.2) is 23.9 Å². The molecule has 1 aromatic carbocycles. The number of hydrogen-bond acceptors (Lipinski definition) is 2. The Labute approximate surface area is 134 Å². The molecule has 0 aliphatic heterocycles. The molecule has 3 nitrogen and oxygen atoms in total. The molecule has 3 rings (SSSR count). The van der Waals surface area contributed by atoms with Crippen molar-refractivity contribution in [3.63, 3.8) is 0 Å². The van der Waals surface area contributed by atoms with E-state index in [1.165, 1.54) is 16.5 Å². The van der Waals surface area contributed by atoms with E-state index in [1.807, 2.05) is 6.07 Å². The highest BCUT2D eigenvalue weighted by Gasteiger charge is 2.15. The molecular formula is C17H18BrNO2. The van der Waals surface area contributed by atoms with E-state index in [4.69, 9.17) is 9.47 Å². The van der Waals surface area contributed by atoms with Crippen LogP contribution in [0.5, 0.6) is 11.5 Å². The molecule has 0 spiro atoms. The topological polar surface area (TPSA) is 22.6 Å². The number of rotatable bonds is 2. The number of halogens is 1. The van der Waals surface area contributed by atoms with Crippen LogP contribution >= 0.6 is 0 Å². The predicted molar refractivity (Wildman–Crippen MR) is 79.7 cm³/mol. The lowest BCUT2D eigenvalue weighted by Crippen LogP contribution is -3.00. The van der Waals surface area contributed by atoms with E-state index in [-0.39, 0.29) is 17.0 Å². The van der Waals surface area contributed by atoms with Crippen molar-refractivity contribution in [2.45, 2.75) is 13.8 Å². The summed E-state index contributed by atoms with van der Waals surface area (Å²) in [5.74, 6) is 1.57. The number of nitrogens with zero attached hydrogens (tertiary/aromatic N) is 1. The van der Waals surface area contributed by atoms with Crippen molar-refractivity contribution < 1.29 is 30.9 Å². The van der Waals surface area contributed by atoms with Crippen molar-refractivity contribution in [3.8, 4) is 11.5 Å². The fourth-order valence-corrected chi connectivity index (χ4v) is 2.74. The molecule has 2 heterocycles. The van der Waals surface area contributed by atoms with Crippen LogP contribution in [0.4, 0.5) is 0 Å². The third kappa shape index (κ3) is 2.44. The Morgan fingerprint density at radius 1 is 1.05 bits per heavy atom. The zero-order valence-electron chi connectivity index (χ0n) is 12.6. The van der Waals surface area contributed by atoms with Gasteiger partial charge in [-0.1, -0.05) is 0 Å². The summed E-state index contributed by atoms with van der Waals surface area (Å²) >= 11 is 0. The van der Waals surface area contributed by atoms with Crippen LogP contribution in [0.3, 0.4) is 0 Å². The van der Waals surface area contributed by atoms with E-state index in [0.29, 0.717) is 0 Å². The average molecular weight is 348 g/mol. The monoisotopic (exact) mass is 347 g/mol. The molecule has 3 aromatic rings. The number of ether oxygens (including phenoxy) is 2. The van der Waals surface area contributed by atoms with Crippen LogP contribution in [0.2, 0.25) is 0 Å². The molecule has 0 N–H and O–H groups in total. The van der Waals surface area contributed by atoms with Gasteiger partial charge in [-0.2, -0.15) is 4.40 Å². The minimum atomic E-state index is 0. The minimum absolute atomic E-state index is 0. The van der Waals surface area contributed by atoms with Crippen LogP contribution in [0, 0.1) is 13.8 Å². The minimum Gasteiger partial charge on any atom is -1.00 e. The van der Waals surface area contributed by atoms with E-state index in [0.717, 1.165) is 22.4 Å². The molecule has 0 unspecified atom stereocenters. The first-order valence-corrected chi connectivity index (χ1v) is 6.61. The Kier molecular flexibility index (Phi) is 4.37. The number of fused-ring (bicyclic) bond motifs is 2. The molecule has 0 amide bonds. The van der Waals surface area contributed by atoms with Gasteiger partial charge >= 0.3 is 0 Å². The average Bonchev–Trinajstić information content (AvgIpc) is 2.46. The molecule has 2 aromatic heterocycles. The molecule has 0 fully saturated rings. The summed E-state index contributed by atoms with van der Waals surface area (Å²) in [6, 6.07) is 8.41. The van der Waals surface area contributed by atoms with E-state index in [2.05, 4.69) is 48.8 Å². The van der Waals surface area contributed by atoms with Gasteiger partial charge in [0.25, 0.3) is 0 Å². The number of methoxy groups -OCH3 is 2. The van der Waals surface area contributed by atoms with Gasteiger partial charge in [-0.25, -0.2) is 0 Å². The highest BCUT2D eigenvalue weighted by atomic mass is 79.9. The first-order chi connectivity index (χ1) is 9.65. The number of pyridine rings is 2. The number of hydrogen-bond donors (Lipinski definition) is 0. The van der Waals surface area contributed by atoms with Gasteiger partial charge in [0.05, 0.1) is 19.6 Å². The summed E-state index contributed by atoms with van der Waals surface area (Å²) < 4.78 is 13.1. The maximum absolute atomic E-state index is 5.48. The van der Waals surface area contributed by atoms with Crippen LogP contribution in [0.15, 0.2) is 36.7 Å². The zero-order chi connectivity index (χ0) is 14.3. The van der Waals surface area contributed by atoms with Gasteiger partial charge in [0.1, 0.15) is 0 Å². The largest absolute Gasteiger partial charge is 1.00 e. The molecule has 110 valence electrons. The summed E-state index contributed by atoms with van der Waals surface area (Å²) in [6.45, 7) is 4.18. The van der Waals surface area contributed by atoms with Gasteiger partial charge in [0, 0.05) is 23.3 Å². The third-order valence-electron chi connectivity index (χ3n) is 3.83. The fourth-order valence-electron chi connectivity index (χ4n) is 2.74. The Hall–Kier alpha value is -1.81. The molecule has 0 saturated carbocycles. The van der Waals surface area contributed by atoms with Gasteiger partial charge < -0.3 is 26.5 Å². The van der Waals surface area contributed by atoms with Crippen molar-refractivity contribution >= 4 is 16.3 Å². The Morgan fingerprint density at radius 2 is 1.81 bits per heavy atom. The fraction of sp³-hybridized carbons (Fsp3) is 0.235. The predicted octanol–water partition coefficient (Wildman–Crippen LogP) is 0.217. The number of aryl methyl sites for hydroxylation is 2. The summed E-state index contributed by atoms with van der Waals surface area (Å²) in [7, 11) is 3.35.